The summed E-state index contributed by atoms with van der Waals surface area (Å²) in [6, 6.07) is 4.41. The maximum atomic E-state index is 6.43. The minimum Gasteiger partial charge on any atom is -0.398 e. The van der Waals surface area contributed by atoms with E-state index in [1.54, 1.807) is 0 Å². The number of nitrogens with zero attached hydrogens (tertiary/aromatic N) is 1. The molecule has 0 aromatic heterocycles. The van der Waals surface area contributed by atoms with Gasteiger partial charge in [-0.25, -0.2) is 0 Å². The molecule has 2 heteroatoms. The molecule has 0 radical (unpaired) electrons. The van der Waals surface area contributed by atoms with Gasteiger partial charge in [-0.2, -0.15) is 0 Å². The van der Waals surface area contributed by atoms with Gasteiger partial charge in [-0.15, -0.1) is 0 Å². The maximum Gasteiger partial charge on any atom is 0.0429 e. The minimum absolute atomic E-state index is 0.963. The van der Waals surface area contributed by atoms with Crippen molar-refractivity contribution in [3.8, 4) is 0 Å². The molecule has 1 aromatic rings. The maximum absolute atomic E-state index is 6.43. The van der Waals surface area contributed by atoms with Crippen LogP contribution in [0.2, 0.25) is 0 Å². The number of fused-ring (bicyclic) bond motifs is 1. The third-order valence-electron chi connectivity index (χ3n) is 4.25. The molecular formula is C19H22N2. The van der Waals surface area contributed by atoms with Crippen LogP contribution in [0.4, 0.5) is 5.69 Å². The average Bonchev–Trinajstić information content (AvgIpc) is 2.97. The van der Waals surface area contributed by atoms with Crippen LogP contribution < -0.4 is 5.73 Å². The summed E-state index contributed by atoms with van der Waals surface area (Å²) in [5, 5.41) is 0. The quantitative estimate of drug-likeness (QED) is 0.812. The van der Waals surface area contributed by atoms with E-state index >= 15 is 0 Å². The monoisotopic (exact) mass is 278 g/mol. The number of hydrogen-bond donors (Lipinski definition) is 1. The summed E-state index contributed by atoms with van der Waals surface area (Å²) in [6.07, 6.45) is 16.2. The molecule has 1 heterocycles. The van der Waals surface area contributed by atoms with E-state index in [4.69, 9.17) is 5.73 Å². The summed E-state index contributed by atoms with van der Waals surface area (Å²) >= 11 is 0. The van der Waals surface area contributed by atoms with Crippen molar-refractivity contribution < 1.29 is 0 Å². The van der Waals surface area contributed by atoms with E-state index in [0.717, 1.165) is 17.7 Å². The molecule has 2 aliphatic rings. The van der Waals surface area contributed by atoms with Gasteiger partial charge in [0, 0.05) is 34.9 Å². The lowest BCUT2D eigenvalue weighted by Crippen LogP contribution is -2.12. The third-order valence-corrected chi connectivity index (χ3v) is 4.25. The first-order valence-electron chi connectivity index (χ1n) is 7.62. The predicted octanol–water partition coefficient (Wildman–Crippen LogP) is 4.41. The molecule has 0 spiro atoms. The zero-order chi connectivity index (χ0) is 14.8. The Morgan fingerprint density at radius 3 is 2.76 bits per heavy atom. The number of allylic oxidation sites excluding steroid dienone is 5. The highest BCUT2D eigenvalue weighted by atomic mass is 15.1. The summed E-state index contributed by atoms with van der Waals surface area (Å²) in [6.45, 7) is 4.08. The number of hydrogen-bond acceptors (Lipinski definition) is 2. The van der Waals surface area contributed by atoms with Crippen LogP contribution in [0.15, 0.2) is 54.5 Å². The highest BCUT2D eigenvalue weighted by Crippen LogP contribution is 2.35. The van der Waals surface area contributed by atoms with Crippen molar-refractivity contribution in [2.75, 3.05) is 5.73 Å². The van der Waals surface area contributed by atoms with Crippen molar-refractivity contribution in [2.45, 2.75) is 33.1 Å². The number of nitrogen functional groups attached to an aromatic ring is 1. The first-order chi connectivity index (χ1) is 10.2. The fourth-order valence-electron chi connectivity index (χ4n) is 3.17. The van der Waals surface area contributed by atoms with Gasteiger partial charge in [0.05, 0.1) is 0 Å². The van der Waals surface area contributed by atoms with Crippen LogP contribution in [0.1, 0.15) is 37.0 Å². The Labute approximate surface area is 127 Å². The second-order valence-corrected chi connectivity index (χ2v) is 5.54. The average molecular weight is 278 g/mol. The van der Waals surface area contributed by atoms with Crippen molar-refractivity contribution in [1.29, 1.82) is 0 Å². The van der Waals surface area contributed by atoms with Crippen molar-refractivity contribution in [3.05, 3.63) is 71.2 Å². The van der Waals surface area contributed by atoms with E-state index in [1.807, 2.05) is 13.0 Å². The summed E-state index contributed by atoms with van der Waals surface area (Å²) in [7, 11) is 0. The standard InChI is InChI=1S/C19H22N2/c1-3-12-21-13-15(8-10-16(21)4-2)18-11-9-14-6-5-7-17(14)19(18)20/h3-4,8-13H,5-7,20H2,1-2H3/b12-3-,16-4-. The number of benzene rings is 1. The Bertz CT molecular complexity index is 675. The van der Waals surface area contributed by atoms with Gasteiger partial charge in [0.2, 0.25) is 0 Å². The van der Waals surface area contributed by atoms with Crippen LogP contribution >= 0.6 is 0 Å². The largest absolute Gasteiger partial charge is 0.398 e. The first kappa shape index (κ1) is 13.7. The van der Waals surface area contributed by atoms with Crippen LogP contribution in [0.3, 0.4) is 0 Å². The Morgan fingerprint density at radius 1 is 1.14 bits per heavy atom. The van der Waals surface area contributed by atoms with Crippen molar-refractivity contribution in [2.24, 2.45) is 0 Å². The Hall–Kier alpha value is -2.22. The van der Waals surface area contributed by atoms with E-state index in [9.17, 15) is 0 Å². The lowest BCUT2D eigenvalue weighted by Gasteiger charge is -2.23. The summed E-state index contributed by atoms with van der Waals surface area (Å²) in [4.78, 5) is 2.14. The van der Waals surface area contributed by atoms with E-state index < -0.39 is 0 Å². The van der Waals surface area contributed by atoms with Crippen LogP contribution in [0.25, 0.3) is 5.57 Å². The highest BCUT2D eigenvalue weighted by molar-refractivity contribution is 5.84. The van der Waals surface area contributed by atoms with Gasteiger partial charge in [0.1, 0.15) is 0 Å². The van der Waals surface area contributed by atoms with Gasteiger partial charge in [0.15, 0.2) is 0 Å². The normalized spacial score (nSPS) is 19.4. The van der Waals surface area contributed by atoms with Gasteiger partial charge >= 0.3 is 0 Å². The SMILES string of the molecule is C/C=C\N1C=C(c2ccc3c(c2N)CCC3)C=C/C1=C/C. The van der Waals surface area contributed by atoms with E-state index in [1.165, 1.54) is 35.2 Å². The first-order valence-corrected chi connectivity index (χ1v) is 7.62. The molecule has 1 aromatic carbocycles. The molecule has 0 fully saturated rings. The number of anilines is 1. The molecule has 2 N–H and O–H groups in total. The smallest absolute Gasteiger partial charge is 0.0429 e. The number of aryl methyl sites for hydroxylation is 1. The van der Waals surface area contributed by atoms with Crippen LogP contribution in [-0.4, -0.2) is 4.90 Å². The lowest BCUT2D eigenvalue weighted by atomic mass is 9.96. The molecule has 0 saturated heterocycles. The molecule has 0 unspecified atom stereocenters. The molecule has 2 nitrogen and oxygen atoms in total. The van der Waals surface area contributed by atoms with E-state index in [2.05, 4.69) is 54.6 Å². The van der Waals surface area contributed by atoms with Crippen LogP contribution in [0, 0.1) is 0 Å². The molecule has 1 aliphatic heterocycles. The van der Waals surface area contributed by atoms with Crippen molar-refractivity contribution in [3.63, 3.8) is 0 Å². The van der Waals surface area contributed by atoms with E-state index in [0.29, 0.717) is 0 Å². The summed E-state index contributed by atoms with van der Waals surface area (Å²) in [5.74, 6) is 0. The molecule has 3 rings (SSSR count). The highest BCUT2D eigenvalue weighted by Gasteiger charge is 2.18. The predicted molar refractivity (Wildman–Crippen MR) is 90.4 cm³/mol. The van der Waals surface area contributed by atoms with Crippen LogP contribution in [-0.2, 0) is 12.8 Å². The molecular weight excluding hydrogens is 256 g/mol. The second kappa shape index (κ2) is 5.65. The Kier molecular flexibility index (Phi) is 3.70. The number of rotatable bonds is 2. The van der Waals surface area contributed by atoms with Gasteiger partial charge in [0.25, 0.3) is 0 Å². The fraction of sp³-hybridized carbons (Fsp3) is 0.263. The molecule has 108 valence electrons. The zero-order valence-corrected chi connectivity index (χ0v) is 12.8. The zero-order valence-electron chi connectivity index (χ0n) is 12.8. The summed E-state index contributed by atoms with van der Waals surface area (Å²) in [5.41, 5.74) is 13.7. The van der Waals surface area contributed by atoms with Gasteiger partial charge in [-0.3, -0.25) is 0 Å². The Morgan fingerprint density at radius 2 is 2.00 bits per heavy atom. The third kappa shape index (κ3) is 2.42. The molecule has 1 aliphatic carbocycles. The van der Waals surface area contributed by atoms with Gasteiger partial charge < -0.3 is 10.6 Å². The Balaban J connectivity index is 2.03. The minimum atomic E-state index is 0.963. The van der Waals surface area contributed by atoms with Crippen LogP contribution in [0.5, 0.6) is 0 Å². The molecule has 0 amide bonds. The van der Waals surface area contributed by atoms with Gasteiger partial charge in [-0.05, 0) is 50.3 Å². The topological polar surface area (TPSA) is 29.3 Å². The second-order valence-electron chi connectivity index (χ2n) is 5.54. The summed E-state index contributed by atoms with van der Waals surface area (Å²) < 4.78 is 0. The molecule has 0 saturated carbocycles. The van der Waals surface area contributed by atoms with Gasteiger partial charge in [-0.1, -0.05) is 30.4 Å². The lowest BCUT2D eigenvalue weighted by molar-refractivity contribution is 0.646. The molecule has 21 heavy (non-hydrogen) atoms. The number of nitrogens with two attached hydrogens (primary N) is 1. The molecule has 0 bridgehead atoms. The van der Waals surface area contributed by atoms with Crippen molar-refractivity contribution >= 4 is 11.3 Å². The molecule has 0 atom stereocenters. The van der Waals surface area contributed by atoms with E-state index in [-0.39, 0.29) is 0 Å². The van der Waals surface area contributed by atoms with Crippen molar-refractivity contribution in [1.82, 2.24) is 4.90 Å². The fourth-order valence-corrected chi connectivity index (χ4v) is 3.17.